The minimum absolute atomic E-state index is 0.0710. The molecule has 1 aromatic rings. The third kappa shape index (κ3) is 4.07. The van der Waals surface area contributed by atoms with Gasteiger partial charge in [0.25, 0.3) is 5.91 Å². The second-order valence-corrected chi connectivity index (χ2v) is 8.46. The number of carbonyl (C=O) groups is 3. The Kier molecular flexibility index (Phi) is 4.88. The van der Waals surface area contributed by atoms with Gasteiger partial charge in [0, 0.05) is 30.6 Å². The van der Waals surface area contributed by atoms with Crippen molar-refractivity contribution in [1.29, 1.82) is 0 Å². The maximum atomic E-state index is 12.7. The Morgan fingerprint density at radius 2 is 1.89 bits per heavy atom. The van der Waals surface area contributed by atoms with Crippen molar-refractivity contribution in [2.24, 2.45) is 0 Å². The highest BCUT2D eigenvalue weighted by Crippen LogP contribution is 2.32. The highest BCUT2D eigenvalue weighted by Gasteiger charge is 2.41. The number of nitrogens with one attached hydrogen (secondary N) is 3. The molecule has 0 radical (unpaired) electrons. The maximum Gasteiger partial charge on any atom is 0.255 e. The molecule has 3 N–H and O–H groups in total. The van der Waals surface area contributed by atoms with Gasteiger partial charge in [-0.15, -0.1) is 0 Å². The maximum absolute atomic E-state index is 12.7. The normalized spacial score (nSPS) is 23.8. The highest BCUT2D eigenvalue weighted by atomic mass is 16.2. The molecule has 1 fully saturated rings. The lowest BCUT2D eigenvalue weighted by Gasteiger charge is -2.40. The monoisotopic (exact) mass is 372 g/mol. The zero-order chi connectivity index (χ0) is 19.8. The van der Waals surface area contributed by atoms with Gasteiger partial charge >= 0.3 is 0 Å². The molecule has 2 aliphatic rings. The average molecular weight is 372 g/mol. The third-order valence-corrected chi connectivity index (χ3v) is 5.11. The van der Waals surface area contributed by atoms with Gasteiger partial charge in [-0.1, -0.05) is 12.1 Å². The molecular formula is C20H28N4O3. The van der Waals surface area contributed by atoms with Gasteiger partial charge in [0.15, 0.2) is 0 Å². The molecule has 3 rings (SSSR count). The van der Waals surface area contributed by atoms with E-state index in [-0.39, 0.29) is 29.7 Å². The molecule has 7 nitrogen and oxygen atoms in total. The minimum Gasteiger partial charge on any atom is -0.362 e. The van der Waals surface area contributed by atoms with Crippen LogP contribution in [-0.2, 0) is 9.59 Å². The second-order valence-electron chi connectivity index (χ2n) is 8.46. The van der Waals surface area contributed by atoms with Crippen molar-refractivity contribution in [3.63, 3.8) is 0 Å². The average Bonchev–Trinajstić information content (AvgIpc) is 2.73. The van der Waals surface area contributed by atoms with Crippen molar-refractivity contribution >= 4 is 23.4 Å². The number of likely N-dealkylation sites (tertiary alicyclic amines) is 1. The Morgan fingerprint density at radius 3 is 2.59 bits per heavy atom. The SMILES string of the molecule is C[C@H](C(=O)NC(C)(C)C)N1CC[C@]2(CCC1=O)NC(=O)c1ccccc1N2. The van der Waals surface area contributed by atoms with Crippen LogP contribution in [0.2, 0.25) is 0 Å². The lowest BCUT2D eigenvalue weighted by Crippen LogP contribution is -2.58. The van der Waals surface area contributed by atoms with E-state index < -0.39 is 11.7 Å². The molecule has 27 heavy (non-hydrogen) atoms. The first-order chi connectivity index (χ1) is 12.6. The largest absolute Gasteiger partial charge is 0.362 e. The van der Waals surface area contributed by atoms with E-state index in [0.717, 1.165) is 5.69 Å². The number of benzene rings is 1. The fourth-order valence-electron chi connectivity index (χ4n) is 3.66. The number of hydrogen-bond acceptors (Lipinski definition) is 4. The van der Waals surface area contributed by atoms with Crippen molar-refractivity contribution in [1.82, 2.24) is 15.5 Å². The van der Waals surface area contributed by atoms with E-state index in [4.69, 9.17) is 0 Å². The summed E-state index contributed by atoms with van der Waals surface area (Å²) >= 11 is 0. The zero-order valence-corrected chi connectivity index (χ0v) is 16.4. The first-order valence-corrected chi connectivity index (χ1v) is 9.41. The van der Waals surface area contributed by atoms with Gasteiger partial charge in [0.05, 0.1) is 5.56 Å². The van der Waals surface area contributed by atoms with Crippen molar-refractivity contribution in [2.75, 3.05) is 11.9 Å². The number of nitrogens with zero attached hydrogens (tertiary/aromatic N) is 1. The van der Waals surface area contributed by atoms with Gasteiger partial charge in [-0.2, -0.15) is 0 Å². The molecule has 146 valence electrons. The Morgan fingerprint density at radius 1 is 1.19 bits per heavy atom. The predicted molar refractivity (Wildman–Crippen MR) is 103 cm³/mol. The van der Waals surface area contributed by atoms with Gasteiger partial charge in [-0.3, -0.25) is 14.4 Å². The summed E-state index contributed by atoms with van der Waals surface area (Å²) in [6.07, 6.45) is 1.28. The lowest BCUT2D eigenvalue weighted by molar-refractivity contribution is -0.140. The fraction of sp³-hybridized carbons (Fsp3) is 0.550. The Hall–Kier alpha value is -2.57. The van der Waals surface area contributed by atoms with E-state index in [1.54, 1.807) is 17.9 Å². The predicted octanol–water partition coefficient (Wildman–Crippen LogP) is 1.85. The summed E-state index contributed by atoms with van der Waals surface area (Å²) in [5.74, 6) is -0.375. The lowest BCUT2D eigenvalue weighted by atomic mass is 9.95. The van der Waals surface area contributed by atoms with Crippen LogP contribution in [0.25, 0.3) is 0 Å². The van der Waals surface area contributed by atoms with Crippen LogP contribution in [0.4, 0.5) is 5.69 Å². The van der Waals surface area contributed by atoms with E-state index in [0.29, 0.717) is 24.9 Å². The summed E-state index contributed by atoms with van der Waals surface area (Å²) in [6.45, 7) is 7.88. The molecule has 7 heteroatoms. The summed E-state index contributed by atoms with van der Waals surface area (Å²) in [4.78, 5) is 39.3. The fourth-order valence-corrected chi connectivity index (χ4v) is 3.66. The summed E-state index contributed by atoms with van der Waals surface area (Å²) < 4.78 is 0. The van der Waals surface area contributed by atoms with Crippen LogP contribution in [0.5, 0.6) is 0 Å². The molecule has 0 aromatic heterocycles. The van der Waals surface area contributed by atoms with Gasteiger partial charge in [0.1, 0.15) is 11.7 Å². The van der Waals surface area contributed by atoms with Gasteiger partial charge < -0.3 is 20.9 Å². The summed E-state index contributed by atoms with van der Waals surface area (Å²) in [7, 11) is 0. The molecular weight excluding hydrogens is 344 g/mol. The van der Waals surface area contributed by atoms with Crippen molar-refractivity contribution < 1.29 is 14.4 Å². The molecule has 2 heterocycles. The quantitative estimate of drug-likeness (QED) is 0.739. The Bertz CT molecular complexity index is 771. The van der Waals surface area contributed by atoms with Crippen LogP contribution in [-0.4, -0.2) is 46.4 Å². The molecule has 2 aliphatic heterocycles. The summed E-state index contributed by atoms with van der Waals surface area (Å²) in [5.41, 5.74) is 0.356. The summed E-state index contributed by atoms with van der Waals surface area (Å²) in [6, 6.07) is 6.80. The van der Waals surface area contributed by atoms with Crippen molar-refractivity contribution in [3.8, 4) is 0 Å². The number of carbonyl (C=O) groups excluding carboxylic acids is 3. The standard InChI is InChI=1S/C20H28N4O3/c1-13(17(26)22-19(2,3)4)24-12-11-20(10-9-16(24)25)21-15-8-6-5-7-14(15)18(27)23-20/h5-8,13,21H,9-12H2,1-4H3,(H,22,26)(H,23,27)/t13-,20+/m1/s1. The zero-order valence-electron chi connectivity index (χ0n) is 16.4. The van der Waals surface area contributed by atoms with Crippen LogP contribution in [0.15, 0.2) is 24.3 Å². The molecule has 1 aromatic carbocycles. The first kappa shape index (κ1) is 19.2. The first-order valence-electron chi connectivity index (χ1n) is 9.41. The number of para-hydroxylation sites is 1. The molecule has 2 atom stereocenters. The van der Waals surface area contributed by atoms with E-state index in [2.05, 4.69) is 16.0 Å². The van der Waals surface area contributed by atoms with Crippen LogP contribution >= 0.6 is 0 Å². The second kappa shape index (κ2) is 6.87. The topological polar surface area (TPSA) is 90.5 Å². The highest BCUT2D eigenvalue weighted by molar-refractivity contribution is 6.02. The van der Waals surface area contributed by atoms with Crippen molar-refractivity contribution in [2.45, 2.75) is 64.2 Å². The Balaban J connectivity index is 1.76. The van der Waals surface area contributed by atoms with Crippen LogP contribution < -0.4 is 16.0 Å². The summed E-state index contributed by atoms with van der Waals surface area (Å²) in [5, 5.41) is 9.39. The smallest absolute Gasteiger partial charge is 0.255 e. The van der Waals surface area contributed by atoms with Crippen LogP contribution in [0, 0.1) is 0 Å². The van der Waals surface area contributed by atoms with Gasteiger partial charge in [-0.25, -0.2) is 0 Å². The van der Waals surface area contributed by atoms with E-state index in [1.165, 1.54) is 0 Å². The van der Waals surface area contributed by atoms with E-state index >= 15 is 0 Å². The molecule has 0 aliphatic carbocycles. The number of amides is 3. The van der Waals surface area contributed by atoms with Crippen LogP contribution in [0.1, 0.15) is 57.3 Å². The van der Waals surface area contributed by atoms with E-state index in [9.17, 15) is 14.4 Å². The van der Waals surface area contributed by atoms with Gasteiger partial charge in [-0.05, 0) is 46.2 Å². The van der Waals surface area contributed by atoms with Crippen LogP contribution in [0.3, 0.4) is 0 Å². The van der Waals surface area contributed by atoms with E-state index in [1.807, 2.05) is 39.0 Å². The molecule has 0 saturated carbocycles. The third-order valence-electron chi connectivity index (χ3n) is 5.11. The number of rotatable bonds is 2. The number of anilines is 1. The molecule has 1 saturated heterocycles. The molecule has 0 unspecified atom stereocenters. The Labute approximate surface area is 159 Å². The number of fused-ring (bicyclic) bond motifs is 1. The molecule has 0 bridgehead atoms. The number of hydrogen-bond donors (Lipinski definition) is 3. The molecule has 3 amide bonds. The minimum atomic E-state index is -0.671. The van der Waals surface area contributed by atoms with Crippen molar-refractivity contribution in [3.05, 3.63) is 29.8 Å². The molecule has 1 spiro atoms. The van der Waals surface area contributed by atoms with Gasteiger partial charge in [0.2, 0.25) is 11.8 Å².